The fourth-order valence-electron chi connectivity index (χ4n) is 2.83. The van der Waals surface area contributed by atoms with Crippen molar-refractivity contribution in [1.29, 1.82) is 0 Å². The van der Waals surface area contributed by atoms with Gasteiger partial charge in [-0.2, -0.15) is 0 Å². The molecule has 1 N–H and O–H groups in total. The molecule has 0 saturated carbocycles. The van der Waals surface area contributed by atoms with E-state index < -0.39 is 5.97 Å². The minimum Gasteiger partial charge on any atom is -0.481 e. The normalized spacial score (nSPS) is 27.0. The minimum atomic E-state index is -0.786. The first-order valence-corrected chi connectivity index (χ1v) is 6.69. The van der Waals surface area contributed by atoms with Crippen molar-refractivity contribution in [1.82, 2.24) is 4.90 Å². The molecule has 1 unspecified atom stereocenters. The minimum absolute atomic E-state index is 0.158. The average molecular weight is 255 g/mol. The molecule has 2 saturated heterocycles. The van der Waals surface area contributed by atoms with Crippen LogP contribution in [0.15, 0.2) is 0 Å². The van der Waals surface area contributed by atoms with Crippen molar-refractivity contribution in [2.24, 2.45) is 5.41 Å². The van der Waals surface area contributed by atoms with Gasteiger partial charge in [-0.3, -0.25) is 9.59 Å². The first-order chi connectivity index (χ1) is 8.61. The van der Waals surface area contributed by atoms with Crippen LogP contribution < -0.4 is 0 Å². The highest BCUT2D eigenvalue weighted by atomic mass is 16.5. The van der Waals surface area contributed by atoms with E-state index in [0.717, 1.165) is 39.1 Å². The van der Waals surface area contributed by atoms with Crippen LogP contribution in [0.2, 0.25) is 0 Å². The number of carbonyl (C=O) groups is 2. The van der Waals surface area contributed by atoms with E-state index in [9.17, 15) is 9.59 Å². The van der Waals surface area contributed by atoms with Gasteiger partial charge >= 0.3 is 5.97 Å². The predicted molar refractivity (Wildman–Crippen MR) is 65.2 cm³/mol. The van der Waals surface area contributed by atoms with Gasteiger partial charge in [0, 0.05) is 38.0 Å². The maximum absolute atomic E-state index is 12.0. The zero-order chi connectivity index (χ0) is 13.0. The number of hydrogen-bond donors (Lipinski definition) is 1. The quantitative estimate of drug-likeness (QED) is 0.751. The van der Waals surface area contributed by atoms with Crippen LogP contribution in [0.5, 0.6) is 0 Å². The molecule has 2 heterocycles. The van der Waals surface area contributed by atoms with Crippen molar-refractivity contribution in [3.63, 3.8) is 0 Å². The second-order valence-corrected chi connectivity index (χ2v) is 5.47. The van der Waals surface area contributed by atoms with E-state index in [0.29, 0.717) is 19.3 Å². The number of carboxylic acids is 1. The van der Waals surface area contributed by atoms with Crippen molar-refractivity contribution >= 4 is 11.9 Å². The molecule has 0 aromatic carbocycles. The molecule has 1 amide bonds. The van der Waals surface area contributed by atoms with Crippen molar-refractivity contribution in [3.8, 4) is 0 Å². The van der Waals surface area contributed by atoms with Crippen LogP contribution in [-0.4, -0.2) is 48.2 Å². The zero-order valence-electron chi connectivity index (χ0n) is 10.7. The second kappa shape index (κ2) is 5.69. The van der Waals surface area contributed by atoms with E-state index in [1.54, 1.807) is 0 Å². The maximum Gasteiger partial charge on any atom is 0.303 e. The fraction of sp³-hybridized carbons (Fsp3) is 0.846. The zero-order valence-corrected chi connectivity index (χ0v) is 10.7. The molecule has 0 aromatic heterocycles. The lowest BCUT2D eigenvalue weighted by molar-refractivity contribution is -0.137. The molecule has 102 valence electrons. The van der Waals surface area contributed by atoms with Crippen LogP contribution in [0.1, 0.15) is 38.5 Å². The molecular formula is C13H21NO4. The summed E-state index contributed by atoms with van der Waals surface area (Å²) in [5.41, 5.74) is 0.219. The van der Waals surface area contributed by atoms with Gasteiger partial charge in [0.25, 0.3) is 0 Å². The van der Waals surface area contributed by atoms with E-state index >= 15 is 0 Å². The van der Waals surface area contributed by atoms with Crippen LogP contribution in [-0.2, 0) is 14.3 Å². The van der Waals surface area contributed by atoms with Crippen LogP contribution in [0.3, 0.4) is 0 Å². The summed E-state index contributed by atoms with van der Waals surface area (Å²) < 4.78 is 5.43. The molecule has 1 spiro atoms. The molecule has 5 nitrogen and oxygen atoms in total. The Morgan fingerprint density at radius 2 is 2.00 bits per heavy atom. The van der Waals surface area contributed by atoms with Gasteiger partial charge in [0.2, 0.25) is 5.91 Å². The van der Waals surface area contributed by atoms with Crippen molar-refractivity contribution in [3.05, 3.63) is 0 Å². The number of likely N-dealkylation sites (tertiary alicyclic amines) is 1. The predicted octanol–water partition coefficient (Wildman–Crippen LogP) is 1.27. The molecule has 2 rings (SSSR count). The SMILES string of the molecule is O=C(O)CCCCC(=O)N1CCC2(CCOC2)C1. The molecule has 0 radical (unpaired) electrons. The highest BCUT2D eigenvalue weighted by Crippen LogP contribution is 2.38. The smallest absolute Gasteiger partial charge is 0.303 e. The summed E-state index contributed by atoms with van der Waals surface area (Å²) in [5, 5.41) is 8.52. The number of unbranched alkanes of at least 4 members (excludes halogenated alkanes) is 1. The summed E-state index contributed by atoms with van der Waals surface area (Å²) in [7, 11) is 0. The summed E-state index contributed by atoms with van der Waals surface area (Å²) in [6.07, 6.45) is 4.01. The van der Waals surface area contributed by atoms with Gasteiger partial charge < -0.3 is 14.7 Å². The Kier molecular flexibility index (Phi) is 4.22. The van der Waals surface area contributed by atoms with Crippen molar-refractivity contribution in [2.75, 3.05) is 26.3 Å². The third-order valence-corrected chi connectivity index (χ3v) is 4.01. The lowest BCUT2D eigenvalue weighted by atomic mass is 9.87. The topological polar surface area (TPSA) is 66.8 Å². The molecule has 18 heavy (non-hydrogen) atoms. The Labute approximate surface area is 107 Å². The number of ether oxygens (including phenoxy) is 1. The highest BCUT2D eigenvalue weighted by Gasteiger charge is 2.42. The first kappa shape index (κ1) is 13.3. The number of nitrogens with zero attached hydrogens (tertiary/aromatic N) is 1. The molecule has 2 aliphatic heterocycles. The Morgan fingerprint density at radius 1 is 1.22 bits per heavy atom. The third kappa shape index (κ3) is 3.22. The molecule has 0 aromatic rings. The lowest BCUT2D eigenvalue weighted by Gasteiger charge is -2.22. The highest BCUT2D eigenvalue weighted by molar-refractivity contribution is 5.76. The van der Waals surface area contributed by atoms with E-state index in [1.165, 1.54) is 0 Å². The van der Waals surface area contributed by atoms with Gasteiger partial charge in [0.05, 0.1) is 6.61 Å². The Morgan fingerprint density at radius 3 is 2.67 bits per heavy atom. The molecular weight excluding hydrogens is 234 g/mol. The Balaban J connectivity index is 1.69. The second-order valence-electron chi connectivity index (χ2n) is 5.47. The summed E-state index contributed by atoms with van der Waals surface area (Å²) in [5.74, 6) is -0.616. The largest absolute Gasteiger partial charge is 0.481 e. The third-order valence-electron chi connectivity index (χ3n) is 4.01. The number of carbonyl (C=O) groups excluding carboxylic acids is 1. The van der Waals surface area contributed by atoms with Gasteiger partial charge in [-0.05, 0) is 25.7 Å². The summed E-state index contributed by atoms with van der Waals surface area (Å²) in [6, 6.07) is 0. The number of rotatable bonds is 5. The number of carboxylic acid groups (broad SMARTS) is 1. The molecule has 2 aliphatic rings. The Hall–Kier alpha value is -1.10. The molecule has 2 fully saturated rings. The van der Waals surface area contributed by atoms with Crippen LogP contribution in [0.25, 0.3) is 0 Å². The number of amides is 1. The molecule has 0 bridgehead atoms. The van der Waals surface area contributed by atoms with Crippen molar-refractivity contribution in [2.45, 2.75) is 38.5 Å². The lowest BCUT2D eigenvalue weighted by Crippen LogP contribution is -2.32. The summed E-state index contributed by atoms with van der Waals surface area (Å²) >= 11 is 0. The number of hydrogen-bond acceptors (Lipinski definition) is 3. The Bertz CT molecular complexity index is 323. The van der Waals surface area contributed by atoms with Gasteiger partial charge in [-0.1, -0.05) is 0 Å². The van der Waals surface area contributed by atoms with E-state index in [2.05, 4.69) is 0 Å². The monoisotopic (exact) mass is 255 g/mol. The standard InChI is InChI=1S/C13H21NO4/c15-11(3-1-2-4-12(16)17)14-7-5-13(9-14)6-8-18-10-13/h1-10H2,(H,16,17). The average Bonchev–Trinajstić information content (AvgIpc) is 2.95. The maximum atomic E-state index is 12.0. The first-order valence-electron chi connectivity index (χ1n) is 6.69. The molecule has 5 heteroatoms. The summed E-state index contributed by atoms with van der Waals surface area (Å²) in [6.45, 7) is 3.27. The summed E-state index contributed by atoms with van der Waals surface area (Å²) in [4.78, 5) is 24.3. The number of aliphatic carboxylic acids is 1. The van der Waals surface area contributed by atoms with Crippen LogP contribution in [0, 0.1) is 5.41 Å². The van der Waals surface area contributed by atoms with E-state index in [-0.39, 0.29) is 17.7 Å². The van der Waals surface area contributed by atoms with E-state index in [4.69, 9.17) is 9.84 Å². The van der Waals surface area contributed by atoms with Gasteiger partial charge in [-0.25, -0.2) is 0 Å². The van der Waals surface area contributed by atoms with Gasteiger partial charge in [0.1, 0.15) is 0 Å². The van der Waals surface area contributed by atoms with Gasteiger partial charge in [0.15, 0.2) is 0 Å². The molecule has 0 aliphatic carbocycles. The van der Waals surface area contributed by atoms with Gasteiger partial charge in [-0.15, -0.1) is 0 Å². The molecule has 1 atom stereocenters. The van der Waals surface area contributed by atoms with Crippen LogP contribution in [0.4, 0.5) is 0 Å². The van der Waals surface area contributed by atoms with Crippen molar-refractivity contribution < 1.29 is 19.4 Å². The van der Waals surface area contributed by atoms with Crippen LogP contribution >= 0.6 is 0 Å². The van der Waals surface area contributed by atoms with E-state index in [1.807, 2.05) is 4.90 Å². The fourth-order valence-corrected chi connectivity index (χ4v) is 2.83.